The van der Waals surface area contributed by atoms with E-state index in [1.54, 1.807) is 49.2 Å². The number of hydrogen-bond donors (Lipinski definition) is 0. The number of ether oxygens (including phenoxy) is 2. The molecule has 0 saturated carbocycles. The van der Waals surface area contributed by atoms with E-state index in [1.165, 1.54) is 0 Å². The molecule has 0 N–H and O–H groups in total. The Morgan fingerprint density at radius 2 is 1.73 bits per heavy atom. The number of imide groups is 1. The molecule has 2 aromatic rings. The molecule has 2 saturated heterocycles. The van der Waals surface area contributed by atoms with Crippen LogP contribution in [0.4, 0.5) is 9.59 Å². The average molecular weight is 471 g/mol. The van der Waals surface area contributed by atoms with Crippen molar-refractivity contribution >= 4 is 35.1 Å². The van der Waals surface area contributed by atoms with Crippen LogP contribution in [0.25, 0.3) is 6.08 Å². The van der Waals surface area contributed by atoms with Crippen LogP contribution in [0, 0.1) is 0 Å². The summed E-state index contributed by atoms with van der Waals surface area (Å²) in [7, 11) is 1.74. The van der Waals surface area contributed by atoms with Gasteiger partial charge >= 0.3 is 11.3 Å². The van der Waals surface area contributed by atoms with Crippen molar-refractivity contribution in [3.63, 3.8) is 0 Å². The van der Waals surface area contributed by atoms with Gasteiger partial charge in [0.25, 0.3) is 5.91 Å². The van der Waals surface area contributed by atoms with E-state index in [2.05, 4.69) is 4.89 Å². The maximum Gasteiger partial charge on any atom is 0.409 e. The minimum Gasteiger partial charge on any atom is -0.457 e. The van der Waals surface area contributed by atoms with Crippen LogP contribution in [0.3, 0.4) is 0 Å². The lowest BCUT2D eigenvalue weighted by Crippen LogP contribution is -2.30. The summed E-state index contributed by atoms with van der Waals surface area (Å²) >= 11 is 0.779. The Bertz CT molecular complexity index is 1070. The quantitative estimate of drug-likeness (QED) is 0.319. The summed E-state index contributed by atoms with van der Waals surface area (Å²) in [5.74, 6) is 0.730. The summed E-state index contributed by atoms with van der Waals surface area (Å²) in [6.45, 7) is 2.28. The van der Waals surface area contributed by atoms with Crippen molar-refractivity contribution in [3.8, 4) is 11.5 Å². The second-order valence-corrected chi connectivity index (χ2v) is 8.31. The van der Waals surface area contributed by atoms with Gasteiger partial charge in [-0.05, 0) is 66.6 Å². The molecule has 2 aliphatic rings. The number of cyclic esters (lactones) is 1. The first-order valence-electron chi connectivity index (χ1n) is 10.3. The zero-order valence-corrected chi connectivity index (χ0v) is 18.9. The van der Waals surface area contributed by atoms with Crippen LogP contribution in [0.5, 0.6) is 11.5 Å². The van der Waals surface area contributed by atoms with Gasteiger partial charge < -0.3 is 14.4 Å². The van der Waals surface area contributed by atoms with Crippen molar-refractivity contribution in [3.05, 3.63) is 64.6 Å². The molecule has 2 heterocycles. The minimum atomic E-state index is -0.571. The van der Waals surface area contributed by atoms with Gasteiger partial charge in [-0.2, -0.15) is 0 Å². The van der Waals surface area contributed by atoms with Crippen molar-refractivity contribution in [1.29, 1.82) is 0 Å². The summed E-state index contributed by atoms with van der Waals surface area (Å²) in [5.41, 5.74) is 1.81. The molecule has 1 atom stereocenters. The molecule has 0 aliphatic carbocycles. The van der Waals surface area contributed by atoms with Crippen molar-refractivity contribution in [2.75, 3.05) is 20.3 Å². The van der Waals surface area contributed by atoms with Crippen LogP contribution >= 0.6 is 11.8 Å². The molecule has 1 unspecified atom stereocenters. The molecule has 2 aliphatic heterocycles. The van der Waals surface area contributed by atoms with Crippen LogP contribution < -0.4 is 4.74 Å². The summed E-state index contributed by atoms with van der Waals surface area (Å²) in [6.07, 6.45) is 2.02. The highest BCUT2D eigenvalue weighted by Gasteiger charge is 2.37. The van der Waals surface area contributed by atoms with Crippen molar-refractivity contribution in [2.24, 2.45) is 0 Å². The molecule has 2 fully saturated rings. The third-order valence-corrected chi connectivity index (χ3v) is 5.90. The van der Waals surface area contributed by atoms with Crippen molar-refractivity contribution in [2.45, 2.75) is 19.4 Å². The Kier molecular flexibility index (Phi) is 6.97. The summed E-state index contributed by atoms with van der Waals surface area (Å²) in [6, 6.07) is 14.8. The molecule has 0 bridgehead atoms. The molecule has 9 nitrogen and oxygen atoms in total. The monoisotopic (exact) mass is 470 g/mol. The summed E-state index contributed by atoms with van der Waals surface area (Å²) < 4.78 is 10.9. The predicted octanol–water partition coefficient (Wildman–Crippen LogP) is 4.39. The standard InChI is InChI=1S/C23H22N2O7S/c1-3-30-32-25-21(26)20(33-23(25)28)13-16-6-10-19(11-7-16)31-18-8-4-15(5-9-18)12-17-14-29-22(27)24(17)2/h4-11,13,17H,3,12,14H2,1-2H3/b20-13+. The first-order chi connectivity index (χ1) is 15.9. The summed E-state index contributed by atoms with van der Waals surface area (Å²) in [4.78, 5) is 46.9. The molecule has 10 heteroatoms. The third kappa shape index (κ3) is 5.36. The topological polar surface area (TPSA) is 94.6 Å². The van der Waals surface area contributed by atoms with E-state index in [4.69, 9.17) is 14.5 Å². The number of benzene rings is 2. The minimum absolute atomic E-state index is 0.0314. The Morgan fingerprint density at radius 1 is 1.06 bits per heavy atom. The highest BCUT2D eigenvalue weighted by molar-refractivity contribution is 8.18. The fourth-order valence-corrected chi connectivity index (χ4v) is 3.98. The van der Waals surface area contributed by atoms with E-state index in [0.717, 1.165) is 22.9 Å². The number of thioether (sulfide) groups is 1. The van der Waals surface area contributed by atoms with Gasteiger partial charge in [0.15, 0.2) is 0 Å². The lowest BCUT2D eigenvalue weighted by molar-refractivity contribution is -0.385. The van der Waals surface area contributed by atoms with Crippen LogP contribution in [-0.2, 0) is 25.8 Å². The number of hydroxylamine groups is 2. The second kappa shape index (κ2) is 10.1. The largest absolute Gasteiger partial charge is 0.457 e. The first kappa shape index (κ1) is 22.8. The smallest absolute Gasteiger partial charge is 0.409 e. The zero-order chi connectivity index (χ0) is 23.4. The second-order valence-electron chi connectivity index (χ2n) is 7.32. The van der Waals surface area contributed by atoms with Gasteiger partial charge in [-0.1, -0.05) is 29.3 Å². The van der Waals surface area contributed by atoms with Crippen LogP contribution in [-0.4, -0.2) is 53.5 Å². The number of nitrogens with zero attached hydrogens (tertiary/aromatic N) is 2. The zero-order valence-electron chi connectivity index (χ0n) is 18.1. The number of likely N-dealkylation sites (N-methyl/N-ethyl adjacent to an activating group) is 1. The molecule has 0 radical (unpaired) electrons. The Morgan fingerprint density at radius 3 is 2.33 bits per heavy atom. The highest BCUT2D eigenvalue weighted by atomic mass is 32.2. The van der Waals surface area contributed by atoms with E-state index in [0.29, 0.717) is 29.6 Å². The van der Waals surface area contributed by atoms with E-state index >= 15 is 0 Å². The van der Waals surface area contributed by atoms with Gasteiger partial charge in [-0.25, -0.2) is 9.68 Å². The third-order valence-electron chi connectivity index (χ3n) is 5.05. The Hall–Kier alpha value is -3.34. The van der Waals surface area contributed by atoms with Crippen LogP contribution in [0.2, 0.25) is 0 Å². The van der Waals surface area contributed by atoms with Gasteiger partial charge in [0, 0.05) is 7.05 Å². The molecule has 4 rings (SSSR count). The first-order valence-corrected chi connectivity index (χ1v) is 11.1. The average Bonchev–Trinajstić information content (AvgIpc) is 3.27. The van der Waals surface area contributed by atoms with Gasteiger partial charge in [0.05, 0.1) is 17.6 Å². The lowest BCUT2D eigenvalue weighted by Gasteiger charge is -2.16. The molecular weight excluding hydrogens is 448 g/mol. The predicted molar refractivity (Wildman–Crippen MR) is 120 cm³/mol. The highest BCUT2D eigenvalue weighted by Crippen LogP contribution is 2.33. The fourth-order valence-electron chi connectivity index (χ4n) is 3.23. The van der Waals surface area contributed by atoms with Gasteiger partial charge in [0.2, 0.25) is 0 Å². The summed E-state index contributed by atoms with van der Waals surface area (Å²) in [5, 5.41) is 0.0401. The maximum absolute atomic E-state index is 12.3. The van der Waals surface area contributed by atoms with Gasteiger partial charge in [0.1, 0.15) is 18.1 Å². The molecule has 2 aromatic carbocycles. The molecule has 0 spiro atoms. The van der Waals surface area contributed by atoms with E-state index < -0.39 is 11.1 Å². The van der Waals surface area contributed by atoms with Crippen molar-refractivity contribution in [1.82, 2.24) is 9.96 Å². The normalized spacial score (nSPS) is 19.5. The number of rotatable bonds is 8. The fraction of sp³-hybridized carbons (Fsp3) is 0.261. The number of hydrogen-bond acceptors (Lipinski definition) is 8. The van der Waals surface area contributed by atoms with Gasteiger partial charge in [-0.3, -0.25) is 9.59 Å². The number of carbonyl (C=O) groups excluding carboxylic acids is 3. The van der Waals surface area contributed by atoms with E-state index in [-0.39, 0.29) is 23.6 Å². The number of carbonyl (C=O) groups is 3. The van der Waals surface area contributed by atoms with Crippen molar-refractivity contribution < 1.29 is 33.7 Å². The molecule has 0 aromatic heterocycles. The molecule has 33 heavy (non-hydrogen) atoms. The molecule has 3 amide bonds. The van der Waals surface area contributed by atoms with E-state index in [9.17, 15) is 14.4 Å². The van der Waals surface area contributed by atoms with Gasteiger partial charge in [-0.15, -0.1) is 5.06 Å². The van der Waals surface area contributed by atoms with Crippen LogP contribution in [0.1, 0.15) is 18.1 Å². The lowest BCUT2D eigenvalue weighted by atomic mass is 10.1. The Balaban J connectivity index is 1.35. The SMILES string of the molecule is CCOON1C(=O)S/C(=C/c2ccc(Oc3ccc(CC4COC(=O)N4C)cc3)cc2)C1=O. The Labute approximate surface area is 194 Å². The molecular formula is C23H22N2O7S. The maximum atomic E-state index is 12.3. The number of amides is 3. The van der Waals surface area contributed by atoms with Crippen LogP contribution in [0.15, 0.2) is 53.4 Å². The van der Waals surface area contributed by atoms with E-state index in [1.807, 2.05) is 24.3 Å². The molecule has 172 valence electrons.